The molecule has 96 valence electrons. The Morgan fingerprint density at radius 1 is 1.47 bits per heavy atom. The number of pyridine rings is 1. The van der Waals surface area contributed by atoms with E-state index in [1.165, 1.54) is 0 Å². The van der Waals surface area contributed by atoms with Crippen molar-refractivity contribution in [1.29, 1.82) is 0 Å². The highest BCUT2D eigenvalue weighted by molar-refractivity contribution is 5.94. The van der Waals surface area contributed by atoms with Gasteiger partial charge in [-0.05, 0) is 31.5 Å². The van der Waals surface area contributed by atoms with Gasteiger partial charge in [0, 0.05) is 25.0 Å². The highest BCUT2D eigenvalue weighted by Gasteiger charge is 2.15. The third-order valence-corrected chi connectivity index (χ3v) is 2.56. The summed E-state index contributed by atoms with van der Waals surface area (Å²) in [7, 11) is 0. The van der Waals surface area contributed by atoms with E-state index in [1.54, 1.807) is 24.5 Å². The van der Waals surface area contributed by atoms with Gasteiger partial charge in [-0.3, -0.25) is 9.78 Å². The first-order valence-corrected chi connectivity index (χ1v) is 5.28. The number of rotatable bonds is 2. The molecule has 0 saturated carbocycles. The third-order valence-electron chi connectivity index (χ3n) is 2.56. The van der Waals surface area contributed by atoms with Crippen LogP contribution in [-0.2, 0) is 0 Å². The summed E-state index contributed by atoms with van der Waals surface area (Å²) in [6.07, 6.45) is 5.43. The maximum Gasteiger partial charge on any atom is 0.253 e. The lowest BCUT2D eigenvalue weighted by Crippen LogP contribution is -2.45. The van der Waals surface area contributed by atoms with E-state index in [0.717, 1.165) is 25.9 Å². The topological polar surface area (TPSA) is 54.0 Å². The fraction of sp³-hybridized carbons (Fsp3) is 0.455. The van der Waals surface area contributed by atoms with Crippen LogP contribution in [0.25, 0.3) is 0 Å². The lowest BCUT2D eigenvalue weighted by Gasteiger charge is -2.23. The number of amides is 1. The number of carbonyl (C=O) groups excluding carboxylic acids is 1. The molecule has 4 nitrogen and oxygen atoms in total. The van der Waals surface area contributed by atoms with Crippen molar-refractivity contribution < 1.29 is 4.79 Å². The summed E-state index contributed by atoms with van der Waals surface area (Å²) < 4.78 is 0. The van der Waals surface area contributed by atoms with Crippen LogP contribution in [0.15, 0.2) is 24.5 Å². The number of nitrogens with zero attached hydrogens (tertiary/aromatic N) is 1. The largest absolute Gasteiger partial charge is 0.348 e. The van der Waals surface area contributed by atoms with Gasteiger partial charge in [0.15, 0.2) is 0 Å². The highest BCUT2D eigenvalue weighted by Crippen LogP contribution is 2.03. The number of carbonyl (C=O) groups is 1. The maximum atomic E-state index is 11.7. The first-order valence-electron chi connectivity index (χ1n) is 5.28. The van der Waals surface area contributed by atoms with Gasteiger partial charge in [-0.1, -0.05) is 0 Å². The van der Waals surface area contributed by atoms with Crippen molar-refractivity contribution >= 4 is 30.7 Å². The van der Waals surface area contributed by atoms with Crippen LogP contribution >= 0.6 is 24.8 Å². The molecule has 1 amide bonds. The smallest absolute Gasteiger partial charge is 0.253 e. The number of piperidine rings is 1. The molecule has 0 radical (unpaired) electrons. The third kappa shape index (κ3) is 4.89. The van der Waals surface area contributed by atoms with E-state index in [9.17, 15) is 4.79 Å². The second kappa shape index (κ2) is 8.28. The molecule has 2 rings (SSSR count). The van der Waals surface area contributed by atoms with Crippen LogP contribution in [0, 0.1) is 0 Å². The van der Waals surface area contributed by atoms with E-state index in [0.29, 0.717) is 5.56 Å². The first kappa shape index (κ1) is 16.2. The van der Waals surface area contributed by atoms with E-state index >= 15 is 0 Å². The molecule has 1 aliphatic heterocycles. The minimum absolute atomic E-state index is 0. The summed E-state index contributed by atoms with van der Waals surface area (Å²) in [5.74, 6) is -0.0307. The summed E-state index contributed by atoms with van der Waals surface area (Å²) in [5.41, 5.74) is 0.628. The SMILES string of the molecule is Cl.Cl.O=C(N[C@@H]1CCCNC1)c1cccnc1. The zero-order chi connectivity index (χ0) is 10.5. The van der Waals surface area contributed by atoms with Gasteiger partial charge in [0.2, 0.25) is 0 Å². The first-order chi connectivity index (χ1) is 7.36. The molecule has 1 aromatic heterocycles. The Labute approximate surface area is 113 Å². The predicted molar refractivity (Wildman–Crippen MR) is 72.1 cm³/mol. The van der Waals surface area contributed by atoms with Crippen LogP contribution < -0.4 is 10.6 Å². The summed E-state index contributed by atoms with van der Waals surface area (Å²) >= 11 is 0. The fourth-order valence-corrected chi connectivity index (χ4v) is 1.74. The molecular formula is C11H17Cl2N3O. The summed E-state index contributed by atoms with van der Waals surface area (Å²) in [4.78, 5) is 15.7. The summed E-state index contributed by atoms with van der Waals surface area (Å²) in [6.45, 7) is 1.92. The van der Waals surface area contributed by atoms with E-state index in [4.69, 9.17) is 0 Å². The van der Waals surface area contributed by atoms with Gasteiger partial charge in [0.1, 0.15) is 0 Å². The average Bonchev–Trinajstić information content (AvgIpc) is 2.31. The number of aromatic nitrogens is 1. The molecule has 0 spiro atoms. The molecule has 1 fully saturated rings. The van der Waals surface area contributed by atoms with E-state index in [1.807, 2.05) is 0 Å². The van der Waals surface area contributed by atoms with Crippen LogP contribution in [0.3, 0.4) is 0 Å². The minimum Gasteiger partial charge on any atom is -0.348 e. The van der Waals surface area contributed by atoms with Gasteiger partial charge in [-0.25, -0.2) is 0 Å². The summed E-state index contributed by atoms with van der Waals surface area (Å²) in [6, 6.07) is 3.80. The van der Waals surface area contributed by atoms with Crippen molar-refractivity contribution in [1.82, 2.24) is 15.6 Å². The van der Waals surface area contributed by atoms with Crippen molar-refractivity contribution in [2.75, 3.05) is 13.1 Å². The molecule has 1 aliphatic rings. The van der Waals surface area contributed by atoms with Crippen LogP contribution in [-0.4, -0.2) is 30.0 Å². The quantitative estimate of drug-likeness (QED) is 0.860. The number of hydrogen-bond acceptors (Lipinski definition) is 3. The van der Waals surface area contributed by atoms with Crippen molar-refractivity contribution in [3.05, 3.63) is 30.1 Å². The maximum absolute atomic E-state index is 11.7. The Balaban J connectivity index is 0.00000128. The Morgan fingerprint density at radius 2 is 2.29 bits per heavy atom. The minimum atomic E-state index is -0.0307. The molecular weight excluding hydrogens is 261 g/mol. The number of hydrogen-bond donors (Lipinski definition) is 2. The standard InChI is InChI=1S/C11H15N3O.2ClH/c15-11(9-3-1-5-12-7-9)14-10-4-2-6-13-8-10;;/h1,3,5,7,10,13H,2,4,6,8H2,(H,14,15);2*1H/t10-;;/m1../s1. The van der Waals surface area contributed by atoms with Gasteiger partial charge >= 0.3 is 0 Å². The molecule has 0 aromatic carbocycles. The van der Waals surface area contributed by atoms with E-state index in [2.05, 4.69) is 15.6 Å². The summed E-state index contributed by atoms with van der Waals surface area (Å²) in [5, 5.41) is 6.26. The molecule has 1 atom stereocenters. The molecule has 17 heavy (non-hydrogen) atoms. The monoisotopic (exact) mass is 277 g/mol. The Morgan fingerprint density at radius 3 is 2.88 bits per heavy atom. The Kier molecular flexibility index (Phi) is 7.87. The van der Waals surface area contributed by atoms with Crippen molar-refractivity contribution in [2.45, 2.75) is 18.9 Å². The normalized spacial score (nSPS) is 18.5. The van der Waals surface area contributed by atoms with Gasteiger partial charge in [-0.15, -0.1) is 24.8 Å². The van der Waals surface area contributed by atoms with E-state index in [-0.39, 0.29) is 36.8 Å². The molecule has 1 aromatic rings. The lowest BCUT2D eigenvalue weighted by molar-refractivity contribution is 0.0930. The van der Waals surface area contributed by atoms with Crippen LogP contribution in [0.5, 0.6) is 0 Å². The van der Waals surface area contributed by atoms with Crippen molar-refractivity contribution in [3.8, 4) is 0 Å². The molecule has 6 heteroatoms. The Hall–Kier alpha value is -0.840. The molecule has 2 heterocycles. The van der Waals surface area contributed by atoms with Crippen LogP contribution in [0.4, 0.5) is 0 Å². The highest BCUT2D eigenvalue weighted by atomic mass is 35.5. The van der Waals surface area contributed by atoms with Crippen molar-refractivity contribution in [2.24, 2.45) is 0 Å². The van der Waals surface area contributed by atoms with Gasteiger partial charge in [0.25, 0.3) is 5.91 Å². The second-order valence-electron chi connectivity index (χ2n) is 3.76. The number of halogens is 2. The molecule has 2 N–H and O–H groups in total. The lowest BCUT2D eigenvalue weighted by atomic mass is 10.1. The molecule has 0 unspecified atom stereocenters. The second-order valence-corrected chi connectivity index (χ2v) is 3.76. The molecule has 1 saturated heterocycles. The van der Waals surface area contributed by atoms with E-state index < -0.39 is 0 Å². The molecule has 0 bridgehead atoms. The van der Waals surface area contributed by atoms with Crippen molar-refractivity contribution in [3.63, 3.8) is 0 Å². The van der Waals surface area contributed by atoms with Crippen LogP contribution in [0.1, 0.15) is 23.2 Å². The van der Waals surface area contributed by atoms with Gasteiger partial charge in [-0.2, -0.15) is 0 Å². The zero-order valence-corrected chi connectivity index (χ0v) is 11.0. The van der Waals surface area contributed by atoms with Crippen LogP contribution in [0.2, 0.25) is 0 Å². The zero-order valence-electron chi connectivity index (χ0n) is 9.39. The molecule has 0 aliphatic carbocycles. The van der Waals surface area contributed by atoms with Gasteiger partial charge < -0.3 is 10.6 Å². The predicted octanol–water partition coefficient (Wildman–Crippen LogP) is 1.41. The van der Waals surface area contributed by atoms with Gasteiger partial charge in [0.05, 0.1) is 5.56 Å². The average molecular weight is 278 g/mol. The Bertz CT molecular complexity index is 329. The number of nitrogens with one attached hydrogen (secondary N) is 2. The fourth-order valence-electron chi connectivity index (χ4n) is 1.74.